The topological polar surface area (TPSA) is 78.8 Å². The first-order valence-electron chi connectivity index (χ1n) is 13.2. The molecule has 0 aliphatic heterocycles. The Bertz CT molecular complexity index is 1210. The fourth-order valence-electron chi connectivity index (χ4n) is 4.26. The minimum atomic E-state index is -0.370. The molecule has 0 unspecified atom stereocenters. The molecule has 5 heteroatoms. The number of para-hydroxylation sites is 1. The largest absolute Gasteiger partial charge is 0.508 e. The number of hydrogen-bond donors (Lipinski definition) is 3. The molecule has 0 radical (unpaired) electrons. The Morgan fingerprint density at radius 1 is 0.892 bits per heavy atom. The van der Waals surface area contributed by atoms with Crippen LogP contribution in [0.2, 0.25) is 0 Å². The molecule has 3 rings (SSSR count). The van der Waals surface area contributed by atoms with Crippen LogP contribution < -0.4 is 10.1 Å². The number of phenols is 1. The number of nitrogens with one attached hydrogen (secondary N) is 1. The third-order valence-electron chi connectivity index (χ3n) is 7.57. The van der Waals surface area contributed by atoms with Gasteiger partial charge in [-0.05, 0) is 72.4 Å². The molecule has 0 spiro atoms. The molecule has 3 aromatic rings. The smallest absolute Gasteiger partial charge is 0.259 e. The van der Waals surface area contributed by atoms with Gasteiger partial charge in [0, 0.05) is 23.4 Å². The Morgan fingerprint density at radius 2 is 1.54 bits per heavy atom. The molecule has 0 heterocycles. The first-order valence-corrected chi connectivity index (χ1v) is 13.2. The number of aliphatic hydroxyl groups excluding tert-OH is 1. The predicted octanol–water partition coefficient (Wildman–Crippen LogP) is 7.74. The number of phenolic OH excluding ortho intramolecular Hbond substituents is 1. The van der Waals surface area contributed by atoms with Crippen molar-refractivity contribution in [3.63, 3.8) is 0 Å². The van der Waals surface area contributed by atoms with Gasteiger partial charge in [0.25, 0.3) is 5.91 Å². The van der Waals surface area contributed by atoms with Gasteiger partial charge in [-0.3, -0.25) is 4.79 Å². The van der Waals surface area contributed by atoms with Crippen LogP contribution in [0.3, 0.4) is 0 Å². The predicted molar refractivity (Wildman–Crippen MR) is 151 cm³/mol. The Labute approximate surface area is 221 Å². The molecule has 0 aliphatic carbocycles. The van der Waals surface area contributed by atoms with Crippen LogP contribution in [0.1, 0.15) is 87.9 Å². The van der Waals surface area contributed by atoms with Gasteiger partial charge in [0.15, 0.2) is 0 Å². The average molecular weight is 504 g/mol. The van der Waals surface area contributed by atoms with E-state index in [0.29, 0.717) is 35.6 Å². The minimum Gasteiger partial charge on any atom is -0.508 e. The van der Waals surface area contributed by atoms with E-state index in [2.05, 4.69) is 59.0 Å². The number of anilines is 1. The van der Waals surface area contributed by atoms with Gasteiger partial charge >= 0.3 is 0 Å². The Morgan fingerprint density at radius 3 is 2.16 bits per heavy atom. The third kappa shape index (κ3) is 6.53. The van der Waals surface area contributed by atoms with E-state index in [9.17, 15) is 15.0 Å². The van der Waals surface area contributed by atoms with Gasteiger partial charge in [-0.15, -0.1) is 0 Å². The molecule has 0 aliphatic rings. The summed E-state index contributed by atoms with van der Waals surface area (Å²) in [5.41, 5.74) is 3.57. The lowest BCUT2D eigenvalue weighted by Gasteiger charge is -2.30. The average Bonchev–Trinajstić information content (AvgIpc) is 2.89. The van der Waals surface area contributed by atoms with E-state index in [1.54, 1.807) is 12.1 Å². The molecular formula is C32H41NO4. The van der Waals surface area contributed by atoms with Crippen molar-refractivity contribution in [3.8, 4) is 17.2 Å². The fraction of sp³-hybridized carbons (Fsp3) is 0.406. The molecule has 0 saturated heterocycles. The summed E-state index contributed by atoms with van der Waals surface area (Å²) in [6.45, 7) is 13.2. The third-order valence-corrected chi connectivity index (χ3v) is 7.57. The van der Waals surface area contributed by atoms with E-state index in [1.165, 1.54) is 5.56 Å². The second-order valence-electron chi connectivity index (χ2n) is 10.9. The van der Waals surface area contributed by atoms with Crippen molar-refractivity contribution >= 4 is 11.6 Å². The lowest BCUT2D eigenvalue weighted by Crippen LogP contribution is -2.21. The SMILES string of the molecule is CCC(C)(C)c1ccc(Oc2ccc(O)c(CCCO)c2C(=O)Nc2ccccc2)c(C(C)(C)CC)c1. The Balaban J connectivity index is 2.14. The summed E-state index contributed by atoms with van der Waals surface area (Å²) < 4.78 is 6.53. The van der Waals surface area contributed by atoms with E-state index in [1.807, 2.05) is 36.4 Å². The molecule has 1 amide bonds. The number of rotatable bonds is 11. The molecule has 3 N–H and O–H groups in total. The van der Waals surface area contributed by atoms with Crippen LogP contribution >= 0.6 is 0 Å². The second-order valence-corrected chi connectivity index (χ2v) is 10.9. The van der Waals surface area contributed by atoms with Crippen LogP contribution in [-0.2, 0) is 17.3 Å². The van der Waals surface area contributed by atoms with Crippen LogP contribution in [0.15, 0.2) is 60.7 Å². The molecule has 0 aromatic heterocycles. The van der Waals surface area contributed by atoms with Crippen LogP contribution in [-0.4, -0.2) is 22.7 Å². The van der Waals surface area contributed by atoms with Crippen molar-refractivity contribution in [2.45, 2.75) is 78.1 Å². The van der Waals surface area contributed by atoms with Crippen LogP contribution in [0.25, 0.3) is 0 Å². The molecule has 0 atom stereocenters. The number of aliphatic hydroxyl groups is 1. The lowest BCUT2D eigenvalue weighted by atomic mass is 9.76. The zero-order chi connectivity index (χ0) is 27.2. The standard InChI is InChI=1S/C32H41NO4/c1-7-31(3,4)22-16-18-27(25(21-22)32(5,6)8-2)37-28-19-17-26(35)24(15-12-20-34)29(28)30(36)33-23-13-10-9-11-14-23/h9-11,13-14,16-19,21,34-35H,7-8,12,15,20H2,1-6H3,(H,33,36). The molecule has 3 aromatic carbocycles. The monoisotopic (exact) mass is 503 g/mol. The maximum Gasteiger partial charge on any atom is 0.259 e. The quantitative estimate of drug-likeness (QED) is 0.250. The molecule has 5 nitrogen and oxygen atoms in total. The fourth-order valence-corrected chi connectivity index (χ4v) is 4.26. The van der Waals surface area contributed by atoms with Crippen molar-refractivity contribution in [1.29, 1.82) is 0 Å². The first kappa shape index (κ1) is 28.3. The molecular weight excluding hydrogens is 462 g/mol. The first-order chi connectivity index (χ1) is 17.5. The summed E-state index contributed by atoms with van der Waals surface area (Å²) in [6.07, 6.45) is 2.68. The number of benzene rings is 3. The lowest BCUT2D eigenvalue weighted by molar-refractivity contribution is 0.102. The van der Waals surface area contributed by atoms with Gasteiger partial charge in [0.2, 0.25) is 0 Å². The number of carbonyl (C=O) groups excluding carboxylic acids is 1. The highest BCUT2D eigenvalue weighted by molar-refractivity contribution is 6.07. The molecule has 0 saturated carbocycles. The van der Waals surface area contributed by atoms with E-state index in [0.717, 1.165) is 18.4 Å². The van der Waals surface area contributed by atoms with Gasteiger partial charge in [0.05, 0.1) is 5.56 Å². The summed E-state index contributed by atoms with van der Waals surface area (Å²) in [7, 11) is 0. The highest BCUT2D eigenvalue weighted by atomic mass is 16.5. The summed E-state index contributed by atoms with van der Waals surface area (Å²) in [5, 5.41) is 23.0. The normalized spacial score (nSPS) is 11.9. The molecule has 37 heavy (non-hydrogen) atoms. The Hall–Kier alpha value is -3.31. The van der Waals surface area contributed by atoms with Crippen LogP contribution in [0.5, 0.6) is 17.2 Å². The Kier molecular flexibility index (Phi) is 9.03. The van der Waals surface area contributed by atoms with Gasteiger partial charge in [-0.2, -0.15) is 0 Å². The zero-order valence-corrected chi connectivity index (χ0v) is 23.0. The zero-order valence-electron chi connectivity index (χ0n) is 23.0. The second kappa shape index (κ2) is 11.8. The van der Waals surface area contributed by atoms with Crippen molar-refractivity contribution < 1.29 is 19.7 Å². The van der Waals surface area contributed by atoms with Crippen molar-refractivity contribution in [1.82, 2.24) is 0 Å². The van der Waals surface area contributed by atoms with Crippen LogP contribution in [0, 0.1) is 0 Å². The van der Waals surface area contributed by atoms with E-state index >= 15 is 0 Å². The molecule has 198 valence electrons. The molecule has 0 fully saturated rings. The van der Waals surface area contributed by atoms with E-state index in [-0.39, 0.29) is 34.7 Å². The summed E-state index contributed by atoms with van der Waals surface area (Å²) >= 11 is 0. The number of hydrogen-bond acceptors (Lipinski definition) is 4. The van der Waals surface area contributed by atoms with Crippen LogP contribution in [0.4, 0.5) is 5.69 Å². The highest BCUT2D eigenvalue weighted by Crippen LogP contribution is 2.42. The van der Waals surface area contributed by atoms with Gasteiger partial charge < -0.3 is 20.3 Å². The van der Waals surface area contributed by atoms with E-state index in [4.69, 9.17) is 4.74 Å². The summed E-state index contributed by atoms with van der Waals surface area (Å²) in [5.74, 6) is 0.697. The van der Waals surface area contributed by atoms with E-state index < -0.39 is 0 Å². The highest BCUT2D eigenvalue weighted by Gasteiger charge is 2.28. The number of carbonyl (C=O) groups is 1. The number of amides is 1. The van der Waals surface area contributed by atoms with Crippen molar-refractivity contribution in [3.05, 3.63) is 82.9 Å². The number of aromatic hydroxyl groups is 1. The van der Waals surface area contributed by atoms with Gasteiger partial charge in [-0.25, -0.2) is 0 Å². The number of ether oxygens (including phenoxy) is 1. The molecule has 0 bridgehead atoms. The van der Waals surface area contributed by atoms with Gasteiger partial charge in [-0.1, -0.05) is 71.9 Å². The summed E-state index contributed by atoms with van der Waals surface area (Å²) in [6, 6.07) is 18.7. The summed E-state index contributed by atoms with van der Waals surface area (Å²) in [4.78, 5) is 13.6. The maximum absolute atomic E-state index is 13.6. The maximum atomic E-state index is 13.6. The minimum absolute atomic E-state index is 0.00756. The van der Waals surface area contributed by atoms with Crippen molar-refractivity contribution in [2.24, 2.45) is 0 Å². The van der Waals surface area contributed by atoms with Gasteiger partial charge in [0.1, 0.15) is 17.2 Å². The van der Waals surface area contributed by atoms with Crippen molar-refractivity contribution in [2.75, 3.05) is 11.9 Å².